The summed E-state index contributed by atoms with van der Waals surface area (Å²) in [6.07, 6.45) is 2.18. The predicted molar refractivity (Wildman–Crippen MR) is 156 cm³/mol. The normalized spacial score (nSPS) is 17.2. The summed E-state index contributed by atoms with van der Waals surface area (Å²) in [6.45, 7) is 5.17. The number of morpholine rings is 1. The van der Waals surface area contributed by atoms with Crippen LogP contribution in [0.2, 0.25) is 5.02 Å². The summed E-state index contributed by atoms with van der Waals surface area (Å²) in [5.74, 6) is -0.286. The summed E-state index contributed by atoms with van der Waals surface area (Å²) in [5.41, 5.74) is 5.41. The molecule has 0 radical (unpaired) electrons. The number of nitrogens with one attached hydrogen (secondary N) is 2. The molecule has 0 aliphatic carbocycles. The molecule has 1 unspecified atom stereocenters. The zero-order chi connectivity index (χ0) is 27.5. The monoisotopic (exact) mass is 565 g/mol. The molecule has 10 nitrogen and oxygen atoms in total. The van der Waals surface area contributed by atoms with Gasteiger partial charge in [0.15, 0.2) is 5.11 Å². The zero-order valence-corrected chi connectivity index (χ0v) is 23.3. The number of benzodiazepines with no additional fused rings is 1. The van der Waals surface area contributed by atoms with Gasteiger partial charge in [0.2, 0.25) is 6.17 Å². The SMILES string of the molecule is COc1ncc(C2=NC(NC(=S)Nc3ccc(N4CCOCC4)cc3C)C(=O)N(C)c3ccc(Cl)cc32)cn1. The molecule has 3 aromatic rings. The van der Waals surface area contributed by atoms with E-state index in [1.54, 1.807) is 37.6 Å². The van der Waals surface area contributed by atoms with E-state index in [0.717, 1.165) is 43.2 Å². The van der Waals surface area contributed by atoms with Gasteiger partial charge in [0, 0.05) is 60.1 Å². The summed E-state index contributed by atoms with van der Waals surface area (Å²) < 4.78 is 10.6. The smallest absolute Gasteiger partial charge is 0.316 e. The van der Waals surface area contributed by atoms with E-state index in [2.05, 4.69) is 31.6 Å². The van der Waals surface area contributed by atoms with Gasteiger partial charge < -0.3 is 29.9 Å². The Bertz CT molecular complexity index is 1430. The number of nitrogens with zero attached hydrogens (tertiary/aromatic N) is 5. The lowest BCUT2D eigenvalue weighted by Gasteiger charge is -2.29. The molecule has 1 aromatic heterocycles. The van der Waals surface area contributed by atoms with Crippen molar-refractivity contribution in [3.63, 3.8) is 0 Å². The highest BCUT2D eigenvalue weighted by Crippen LogP contribution is 2.30. The van der Waals surface area contributed by atoms with Gasteiger partial charge in [-0.1, -0.05) is 11.6 Å². The molecule has 2 aromatic carbocycles. The van der Waals surface area contributed by atoms with Crippen LogP contribution < -0.4 is 25.2 Å². The number of likely N-dealkylation sites (N-methyl/N-ethyl adjacent to an activating group) is 1. The van der Waals surface area contributed by atoms with Crippen LogP contribution in [0.4, 0.5) is 17.1 Å². The van der Waals surface area contributed by atoms with Crippen LogP contribution in [-0.2, 0) is 9.53 Å². The number of methoxy groups -OCH3 is 1. The third-order valence-electron chi connectivity index (χ3n) is 6.58. The van der Waals surface area contributed by atoms with E-state index < -0.39 is 6.17 Å². The quantitative estimate of drug-likeness (QED) is 0.450. The van der Waals surface area contributed by atoms with Crippen molar-refractivity contribution in [1.82, 2.24) is 15.3 Å². The molecule has 3 heterocycles. The molecule has 0 spiro atoms. The average Bonchev–Trinajstić information content (AvgIpc) is 3.05. The van der Waals surface area contributed by atoms with Crippen LogP contribution in [0.5, 0.6) is 6.01 Å². The second kappa shape index (κ2) is 11.5. The van der Waals surface area contributed by atoms with Crippen LogP contribution in [0.3, 0.4) is 0 Å². The molecule has 0 saturated carbocycles. The van der Waals surface area contributed by atoms with E-state index >= 15 is 0 Å². The molecule has 1 saturated heterocycles. The summed E-state index contributed by atoms with van der Waals surface area (Å²) in [4.78, 5) is 30.6. The fraction of sp³-hybridized carbons (Fsp3) is 0.296. The van der Waals surface area contributed by atoms with Crippen molar-refractivity contribution in [2.45, 2.75) is 13.1 Å². The second-order valence-electron chi connectivity index (χ2n) is 9.09. The molecular formula is C27H28ClN7O3S. The highest BCUT2D eigenvalue weighted by molar-refractivity contribution is 7.80. The van der Waals surface area contributed by atoms with Gasteiger partial charge in [-0.3, -0.25) is 4.79 Å². The van der Waals surface area contributed by atoms with Crippen LogP contribution in [0, 0.1) is 6.92 Å². The number of carbonyl (C=O) groups excluding carboxylic acids is 1. The Hall–Kier alpha value is -3.80. The standard InChI is InChI=1S/C27H28ClN7O3S/c1-16-12-19(35-8-10-38-11-9-35)5-6-21(16)31-27(39)33-24-25(36)34(2)22-7-4-18(28)13-20(22)23(32-24)17-14-29-26(37-3)30-15-17/h4-7,12-15,24H,8-11H2,1-3H3,(H2,31,33,39). The summed E-state index contributed by atoms with van der Waals surface area (Å²) in [7, 11) is 3.18. The minimum Gasteiger partial charge on any atom is -0.467 e. The second-order valence-corrected chi connectivity index (χ2v) is 9.94. The maximum Gasteiger partial charge on any atom is 0.316 e. The number of carbonyl (C=O) groups is 1. The van der Waals surface area contributed by atoms with Crippen LogP contribution >= 0.6 is 23.8 Å². The molecule has 202 valence electrons. The van der Waals surface area contributed by atoms with Crippen molar-refractivity contribution in [2.24, 2.45) is 4.99 Å². The number of rotatable bonds is 5. The van der Waals surface area contributed by atoms with Gasteiger partial charge in [0.1, 0.15) is 0 Å². The first-order valence-corrected chi connectivity index (χ1v) is 13.1. The maximum absolute atomic E-state index is 13.5. The fourth-order valence-electron chi connectivity index (χ4n) is 4.50. The third-order valence-corrected chi connectivity index (χ3v) is 7.04. The van der Waals surface area contributed by atoms with E-state index in [-0.39, 0.29) is 17.0 Å². The van der Waals surface area contributed by atoms with Crippen molar-refractivity contribution in [3.8, 4) is 6.01 Å². The summed E-state index contributed by atoms with van der Waals surface area (Å²) in [6, 6.07) is 11.7. The summed E-state index contributed by atoms with van der Waals surface area (Å²) in [5, 5.41) is 7.08. The lowest BCUT2D eigenvalue weighted by molar-refractivity contribution is -0.119. The number of fused-ring (bicyclic) bond motifs is 1. The van der Waals surface area contributed by atoms with Crippen LogP contribution in [0.15, 0.2) is 53.8 Å². The van der Waals surface area contributed by atoms with Gasteiger partial charge in [0.05, 0.1) is 31.7 Å². The Morgan fingerprint density at radius 2 is 1.90 bits per heavy atom. The largest absolute Gasteiger partial charge is 0.467 e. The maximum atomic E-state index is 13.5. The zero-order valence-electron chi connectivity index (χ0n) is 21.8. The number of hydrogen-bond acceptors (Lipinski definition) is 8. The Balaban J connectivity index is 1.41. The van der Waals surface area contributed by atoms with Crippen LogP contribution in [0.1, 0.15) is 16.7 Å². The summed E-state index contributed by atoms with van der Waals surface area (Å²) >= 11 is 11.9. The van der Waals surface area contributed by atoms with E-state index in [0.29, 0.717) is 27.5 Å². The van der Waals surface area contributed by atoms with Crippen molar-refractivity contribution < 1.29 is 14.3 Å². The van der Waals surface area contributed by atoms with Crippen molar-refractivity contribution >= 4 is 57.6 Å². The van der Waals surface area contributed by atoms with Gasteiger partial charge in [-0.05, 0) is 61.1 Å². The molecule has 2 aliphatic rings. The highest BCUT2D eigenvalue weighted by Gasteiger charge is 2.31. The minimum atomic E-state index is -1.01. The molecule has 1 fully saturated rings. The van der Waals surface area contributed by atoms with E-state index in [4.69, 9.17) is 38.3 Å². The number of hydrogen-bond donors (Lipinski definition) is 2. The Kier molecular flexibility index (Phi) is 7.92. The van der Waals surface area contributed by atoms with Crippen LogP contribution in [-0.4, -0.2) is 73.3 Å². The fourth-order valence-corrected chi connectivity index (χ4v) is 4.90. The van der Waals surface area contributed by atoms with Gasteiger partial charge in [-0.15, -0.1) is 0 Å². The van der Waals surface area contributed by atoms with E-state index in [1.165, 1.54) is 12.0 Å². The predicted octanol–water partition coefficient (Wildman–Crippen LogP) is 3.41. The highest BCUT2D eigenvalue weighted by atomic mass is 35.5. The number of ether oxygens (including phenoxy) is 2. The molecule has 2 aliphatic heterocycles. The minimum absolute atomic E-state index is 0.225. The van der Waals surface area contributed by atoms with Gasteiger partial charge in [0.25, 0.3) is 5.91 Å². The number of thiocarbonyl (C=S) groups is 1. The molecule has 2 N–H and O–H groups in total. The number of halogens is 1. The first-order chi connectivity index (χ1) is 18.8. The van der Waals surface area contributed by atoms with Crippen molar-refractivity contribution in [2.75, 3.05) is 55.6 Å². The number of benzene rings is 2. The molecule has 0 bridgehead atoms. The Morgan fingerprint density at radius 3 is 2.59 bits per heavy atom. The molecular weight excluding hydrogens is 538 g/mol. The van der Waals surface area contributed by atoms with Crippen molar-refractivity contribution in [1.29, 1.82) is 0 Å². The van der Waals surface area contributed by atoms with E-state index in [1.807, 2.05) is 19.1 Å². The number of aryl methyl sites for hydroxylation is 1. The lowest BCUT2D eigenvalue weighted by Crippen LogP contribution is -2.47. The number of aromatic nitrogens is 2. The Morgan fingerprint density at radius 1 is 1.15 bits per heavy atom. The van der Waals surface area contributed by atoms with Crippen LogP contribution in [0.25, 0.3) is 0 Å². The van der Waals surface area contributed by atoms with Crippen molar-refractivity contribution in [3.05, 3.63) is 70.5 Å². The molecule has 5 rings (SSSR count). The molecule has 1 atom stereocenters. The number of aliphatic imine (C=N–C) groups is 1. The molecule has 39 heavy (non-hydrogen) atoms. The molecule has 1 amide bonds. The lowest BCUT2D eigenvalue weighted by atomic mass is 10.0. The average molecular weight is 566 g/mol. The first-order valence-electron chi connectivity index (χ1n) is 12.4. The number of anilines is 3. The number of amides is 1. The topological polar surface area (TPSA) is 104 Å². The van der Waals surface area contributed by atoms with Gasteiger partial charge in [-0.2, -0.15) is 0 Å². The Labute approximate surface area is 237 Å². The van der Waals surface area contributed by atoms with E-state index in [9.17, 15) is 4.79 Å². The molecule has 12 heteroatoms. The third kappa shape index (κ3) is 5.80. The first kappa shape index (κ1) is 26.8. The van der Waals surface area contributed by atoms with Gasteiger partial charge >= 0.3 is 6.01 Å². The van der Waals surface area contributed by atoms with Gasteiger partial charge in [-0.25, -0.2) is 15.0 Å².